The zero-order chi connectivity index (χ0) is 23.4. The van der Waals surface area contributed by atoms with Crippen LogP contribution < -0.4 is 24.2 Å². The third kappa shape index (κ3) is 5.17. The Labute approximate surface area is 190 Å². The summed E-state index contributed by atoms with van der Waals surface area (Å²) in [4.78, 5) is 12.5. The summed E-state index contributed by atoms with van der Waals surface area (Å²) in [5.74, 6) is -0.0164. The first kappa shape index (κ1) is 22.4. The molecule has 1 aliphatic rings. The highest BCUT2D eigenvalue weighted by molar-refractivity contribution is 7.92. The topological polar surface area (TPSA) is 103 Å². The van der Waals surface area contributed by atoms with Crippen LogP contribution in [0.25, 0.3) is 0 Å². The van der Waals surface area contributed by atoms with Crippen LogP contribution in [0.1, 0.15) is 15.9 Å². The highest BCUT2D eigenvalue weighted by Gasteiger charge is 2.20. The smallest absolute Gasteiger partial charge is 0.262 e. The van der Waals surface area contributed by atoms with Crippen LogP contribution in [0.2, 0.25) is 0 Å². The Morgan fingerprint density at radius 2 is 1.82 bits per heavy atom. The minimum Gasteiger partial charge on any atom is -0.494 e. The number of nitrogens with one attached hydrogen (secondary N) is 2. The van der Waals surface area contributed by atoms with Gasteiger partial charge in [-0.3, -0.25) is 9.52 Å². The molecule has 0 spiro atoms. The molecule has 3 aromatic carbocycles. The van der Waals surface area contributed by atoms with Crippen molar-refractivity contribution in [1.29, 1.82) is 0 Å². The van der Waals surface area contributed by atoms with E-state index in [4.69, 9.17) is 14.2 Å². The van der Waals surface area contributed by atoms with E-state index in [-0.39, 0.29) is 28.4 Å². The van der Waals surface area contributed by atoms with E-state index in [0.717, 1.165) is 0 Å². The van der Waals surface area contributed by atoms with Gasteiger partial charge in [-0.05, 0) is 48.0 Å². The minimum atomic E-state index is -3.93. The van der Waals surface area contributed by atoms with Crippen molar-refractivity contribution in [2.75, 3.05) is 25.0 Å². The molecule has 3 aromatic rings. The van der Waals surface area contributed by atoms with E-state index in [9.17, 15) is 17.6 Å². The van der Waals surface area contributed by atoms with Crippen molar-refractivity contribution in [3.63, 3.8) is 0 Å². The third-order valence-corrected chi connectivity index (χ3v) is 6.25. The normalized spacial score (nSPS) is 12.7. The first-order chi connectivity index (χ1) is 15.9. The number of sulfonamides is 1. The lowest BCUT2D eigenvalue weighted by Gasteiger charge is -2.19. The number of amides is 1. The third-order valence-electron chi connectivity index (χ3n) is 4.87. The number of carbonyl (C=O) groups excluding carboxylic acids is 1. The van der Waals surface area contributed by atoms with Gasteiger partial charge in [-0.2, -0.15) is 0 Å². The van der Waals surface area contributed by atoms with Crippen molar-refractivity contribution in [2.45, 2.75) is 11.4 Å². The predicted octanol–water partition coefficient (Wildman–Crippen LogP) is 3.34. The number of methoxy groups -OCH3 is 1. The van der Waals surface area contributed by atoms with E-state index >= 15 is 0 Å². The van der Waals surface area contributed by atoms with Gasteiger partial charge in [0.05, 0.1) is 12.0 Å². The molecule has 1 heterocycles. The van der Waals surface area contributed by atoms with Gasteiger partial charge in [0.25, 0.3) is 15.9 Å². The van der Waals surface area contributed by atoms with Gasteiger partial charge in [0.15, 0.2) is 23.1 Å². The van der Waals surface area contributed by atoms with Crippen LogP contribution in [-0.4, -0.2) is 34.6 Å². The van der Waals surface area contributed by atoms with Gasteiger partial charge in [0, 0.05) is 23.9 Å². The molecule has 0 aliphatic carbocycles. The molecule has 0 unspecified atom stereocenters. The van der Waals surface area contributed by atoms with Crippen molar-refractivity contribution in [1.82, 2.24) is 5.32 Å². The molecule has 10 heteroatoms. The fourth-order valence-electron chi connectivity index (χ4n) is 3.23. The van der Waals surface area contributed by atoms with E-state index in [1.54, 1.807) is 18.2 Å². The molecular weight excluding hydrogens is 451 g/mol. The minimum absolute atomic E-state index is 0.00290. The van der Waals surface area contributed by atoms with Crippen molar-refractivity contribution >= 4 is 21.6 Å². The van der Waals surface area contributed by atoms with Gasteiger partial charge < -0.3 is 19.5 Å². The number of ether oxygens (including phenoxy) is 3. The van der Waals surface area contributed by atoms with Crippen LogP contribution in [0.15, 0.2) is 65.6 Å². The summed E-state index contributed by atoms with van der Waals surface area (Å²) >= 11 is 0. The number of carbonyl (C=O) groups is 1. The molecule has 0 saturated carbocycles. The zero-order valence-electron chi connectivity index (χ0n) is 17.6. The Morgan fingerprint density at radius 3 is 2.58 bits per heavy atom. The van der Waals surface area contributed by atoms with Crippen molar-refractivity contribution in [2.24, 2.45) is 0 Å². The highest BCUT2D eigenvalue weighted by atomic mass is 32.2. The summed E-state index contributed by atoms with van der Waals surface area (Å²) in [6, 6.07) is 14.8. The average Bonchev–Trinajstić information content (AvgIpc) is 2.82. The van der Waals surface area contributed by atoms with E-state index in [0.29, 0.717) is 30.3 Å². The average molecular weight is 472 g/mol. The van der Waals surface area contributed by atoms with Crippen molar-refractivity contribution in [3.05, 3.63) is 77.6 Å². The maximum absolute atomic E-state index is 13.8. The Hall–Kier alpha value is -3.79. The van der Waals surface area contributed by atoms with Gasteiger partial charge in [-0.15, -0.1) is 0 Å². The molecule has 0 atom stereocenters. The van der Waals surface area contributed by atoms with Gasteiger partial charge in [-0.25, -0.2) is 12.8 Å². The lowest BCUT2D eigenvalue weighted by atomic mass is 10.1. The van der Waals surface area contributed by atoms with Crippen LogP contribution in [0.5, 0.6) is 17.2 Å². The Kier molecular flexibility index (Phi) is 6.36. The number of hydrogen-bond donors (Lipinski definition) is 2. The quantitative estimate of drug-likeness (QED) is 0.547. The molecule has 1 aliphatic heterocycles. The SMILES string of the molecule is COc1ccc(CNC(=O)c2cccc(NS(=O)(=O)c3ccc4c(c3)OCCO4)c2)cc1F. The number of benzene rings is 3. The predicted molar refractivity (Wildman–Crippen MR) is 119 cm³/mol. The van der Waals surface area contributed by atoms with Gasteiger partial charge in [-0.1, -0.05) is 12.1 Å². The van der Waals surface area contributed by atoms with Gasteiger partial charge in [0.2, 0.25) is 0 Å². The lowest BCUT2D eigenvalue weighted by molar-refractivity contribution is 0.0951. The molecular formula is C23H21FN2O6S. The second kappa shape index (κ2) is 9.37. The standard InChI is InChI=1S/C23H21FN2O6S/c1-30-20-7-5-15(11-19(20)24)14-25-23(27)16-3-2-4-17(12-16)26-33(28,29)18-6-8-21-22(13-18)32-10-9-31-21/h2-8,11-13,26H,9-10,14H2,1H3,(H,25,27). The fraction of sp³-hybridized carbons (Fsp3) is 0.174. The summed E-state index contributed by atoms with van der Waals surface area (Å²) in [5.41, 5.74) is 1.01. The number of fused-ring (bicyclic) bond motifs is 1. The van der Waals surface area contributed by atoms with Gasteiger partial charge >= 0.3 is 0 Å². The first-order valence-electron chi connectivity index (χ1n) is 9.99. The van der Waals surface area contributed by atoms with Crippen LogP contribution in [0.4, 0.5) is 10.1 Å². The number of hydrogen-bond acceptors (Lipinski definition) is 6. The zero-order valence-corrected chi connectivity index (χ0v) is 18.4. The Bertz CT molecular complexity index is 1300. The molecule has 0 radical (unpaired) electrons. The highest BCUT2D eigenvalue weighted by Crippen LogP contribution is 2.32. The lowest BCUT2D eigenvalue weighted by Crippen LogP contribution is -2.23. The van der Waals surface area contributed by atoms with E-state index in [1.807, 2.05) is 0 Å². The molecule has 8 nitrogen and oxygen atoms in total. The van der Waals surface area contributed by atoms with Crippen molar-refractivity contribution < 1.29 is 31.8 Å². The molecule has 0 saturated heterocycles. The van der Waals surface area contributed by atoms with Crippen LogP contribution in [0.3, 0.4) is 0 Å². The maximum Gasteiger partial charge on any atom is 0.262 e. The Balaban J connectivity index is 1.45. The summed E-state index contributed by atoms with van der Waals surface area (Å²) in [6.45, 7) is 0.830. The van der Waals surface area contributed by atoms with Crippen LogP contribution in [-0.2, 0) is 16.6 Å². The van der Waals surface area contributed by atoms with Crippen LogP contribution >= 0.6 is 0 Å². The van der Waals surface area contributed by atoms with E-state index in [1.165, 1.54) is 49.6 Å². The Morgan fingerprint density at radius 1 is 1.03 bits per heavy atom. The fourth-order valence-corrected chi connectivity index (χ4v) is 4.30. The molecule has 1 amide bonds. The second-order valence-electron chi connectivity index (χ2n) is 7.14. The molecule has 0 aromatic heterocycles. The molecule has 0 fully saturated rings. The van der Waals surface area contributed by atoms with Crippen molar-refractivity contribution in [3.8, 4) is 17.2 Å². The molecule has 33 heavy (non-hydrogen) atoms. The molecule has 172 valence electrons. The number of anilines is 1. The first-order valence-corrected chi connectivity index (χ1v) is 11.5. The largest absolute Gasteiger partial charge is 0.494 e. The maximum atomic E-state index is 13.8. The van der Waals surface area contributed by atoms with Gasteiger partial charge in [0.1, 0.15) is 13.2 Å². The molecule has 0 bridgehead atoms. The summed E-state index contributed by atoms with van der Waals surface area (Å²) < 4.78 is 57.6. The monoisotopic (exact) mass is 472 g/mol. The second-order valence-corrected chi connectivity index (χ2v) is 8.83. The summed E-state index contributed by atoms with van der Waals surface area (Å²) in [7, 11) is -2.56. The number of rotatable bonds is 7. The van der Waals surface area contributed by atoms with E-state index in [2.05, 4.69) is 10.0 Å². The summed E-state index contributed by atoms with van der Waals surface area (Å²) in [6.07, 6.45) is 0. The van der Waals surface area contributed by atoms with E-state index < -0.39 is 21.7 Å². The van der Waals surface area contributed by atoms with Crippen LogP contribution in [0, 0.1) is 5.82 Å². The molecule has 4 rings (SSSR count). The molecule has 2 N–H and O–H groups in total. The number of halogens is 1. The summed E-state index contributed by atoms with van der Waals surface area (Å²) in [5, 5.41) is 2.68.